The number of nitrogen functional groups attached to an aromatic ring is 1. The first kappa shape index (κ1) is 15.0. The van der Waals surface area contributed by atoms with Crippen LogP contribution in [0.4, 0.5) is 11.6 Å². The first-order valence-electron chi connectivity index (χ1n) is 7.25. The van der Waals surface area contributed by atoms with E-state index in [1.807, 2.05) is 6.07 Å². The molecular weight excluding hydrogens is 254 g/mol. The summed E-state index contributed by atoms with van der Waals surface area (Å²) in [4.78, 5) is 11.3. The minimum absolute atomic E-state index is 0.107. The first-order chi connectivity index (χ1) is 9.60. The van der Waals surface area contributed by atoms with Gasteiger partial charge in [-0.15, -0.1) is 0 Å². The summed E-state index contributed by atoms with van der Waals surface area (Å²) >= 11 is 0. The molecule has 0 radical (unpaired) electrons. The second-order valence-corrected chi connectivity index (χ2v) is 5.60. The van der Waals surface area contributed by atoms with Gasteiger partial charge in [0.05, 0.1) is 5.60 Å². The lowest BCUT2D eigenvalue weighted by molar-refractivity contribution is -0.00482. The van der Waals surface area contributed by atoms with Crippen LogP contribution in [0.3, 0.4) is 0 Å². The zero-order valence-electron chi connectivity index (χ0n) is 12.6. The van der Waals surface area contributed by atoms with Crippen molar-refractivity contribution >= 4 is 11.6 Å². The maximum atomic E-state index is 5.64. The number of ether oxygens (including phenoxy) is 1. The third kappa shape index (κ3) is 3.37. The molecule has 0 amide bonds. The molecule has 1 aliphatic heterocycles. The molecule has 1 aliphatic rings. The molecule has 3 N–H and O–H groups in total. The zero-order valence-corrected chi connectivity index (χ0v) is 12.6. The van der Waals surface area contributed by atoms with Crippen LogP contribution in [-0.2, 0) is 11.2 Å². The van der Waals surface area contributed by atoms with Gasteiger partial charge in [0.1, 0.15) is 17.5 Å². The van der Waals surface area contributed by atoms with Crippen LogP contribution in [-0.4, -0.2) is 35.8 Å². The Morgan fingerprint density at radius 2 is 2.30 bits per heavy atom. The van der Waals surface area contributed by atoms with E-state index in [4.69, 9.17) is 10.6 Å². The Morgan fingerprint density at radius 1 is 1.50 bits per heavy atom. The highest BCUT2D eigenvalue weighted by molar-refractivity contribution is 5.49. The van der Waals surface area contributed by atoms with Crippen LogP contribution in [0.1, 0.15) is 38.9 Å². The Morgan fingerprint density at radius 3 is 2.95 bits per heavy atom. The maximum absolute atomic E-state index is 5.64. The van der Waals surface area contributed by atoms with Crippen molar-refractivity contribution in [1.29, 1.82) is 0 Å². The molecule has 1 fully saturated rings. The number of hydrogen-bond donors (Lipinski definition) is 2. The smallest absolute Gasteiger partial charge is 0.145 e. The Balaban J connectivity index is 2.24. The number of rotatable bonds is 5. The van der Waals surface area contributed by atoms with Crippen LogP contribution in [0.2, 0.25) is 0 Å². The average Bonchev–Trinajstić information content (AvgIpc) is 2.47. The van der Waals surface area contributed by atoms with Crippen LogP contribution >= 0.6 is 0 Å². The second-order valence-electron chi connectivity index (χ2n) is 5.60. The van der Waals surface area contributed by atoms with E-state index >= 15 is 0 Å². The van der Waals surface area contributed by atoms with Gasteiger partial charge in [-0.2, -0.15) is 0 Å². The van der Waals surface area contributed by atoms with E-state index in [0.717, 1.165) is 50.4 Å². The molecule has 1 atom stereocenters. The van der Waals surface area contributed by atoms with Gasteiger partial charge in [-0.25, -0.2) is 15.8 Å². The van der Waals surface area contributed by atoms with Gasteiger partial charge in [-0.1, -0.05) is 6.92 Å². The molecule has 112 valence electrons. The van der Waals surface area contributed by atoms with Gasteiger partial charge in [-0.3, -0.25) is 0 Å². The highest BCUT2D eigenvalue weighted by Gasteiger charge is 2.31. The van der Waals surface area contributed by atoms with E-state index in [1.165, 1.54) is 0 Å². The molecule has 1 unspecified atom stereocenters. The monoisotopic (exact) mass is 279 g/mol. The third-order valence-electron chi connectivity index (χ3n) is 3.86. The van der Waals surface area contributed by atoms with E-state index in [9.17, 15) is 0 Å². The Bertz CT molecular complexity index is 453. The molecule has 20 heavy (non-hydrogen) atoms. The molecule has 0 bridgehead atoms. The highest BCUT2D eigenvalue weighted by atomic mass is 16.5. The average molecular weight is 279 g/mol. The number of aryl methyl sites for hydroxylation is 1. The summed E-state index contributed by atoms with van der Waals surface area (Å²) < 4.78 is 5.64. The van der Waals surface area contributed by atoms with Gasteiger partial charge in [0.25, 0.3) is 0 Å². The van der Waals surface area contributed by atoms with Crippen molar-refractivity contribution in [2.75, 3.05) is 30.5 Å². The lowest BCUT2D eigenvalue weighted by Crippen LogP contribution is -2.47. The second kappa shape index (κ2) is 6.37. The summed E-state index contributed by atoms with van der Waals surface area (Å²) in [5.74, 6) is 7.94. The Kier molecular flexibility index (Phi) is 4.77. The van der Waals surface area contributed by atoms with Gasteiger partial charge in [-0.05, 0) is 26.2 Å². The predicted molar refractivity (Wildman–Crippen MR) is 80.7 cm³/mol. The fourth-order valence-electron chi connectivity index (χ4n) is 2.62. The molecule has 1 aromatic rings. The van der Waals surface area contributed by atoms with E-state index < -0.39 is 0 Å². The van der Waals surface area contributed by atoms with Crippen molar-refractivity contribution in [1.82, 2.24) is 9.97 Å². The predicted octanol–water partition coefficient (Wildman–Crippen LogP) is 1.72. The lowest BCUT2D eigenvalue weighted by atomic mass is 9.95. The van der Waals surface area contributed by atoms with Gasteiger partial charge in [0, 0.05) is 32.7 Å². The fraction of sp³-hybridized carbons (Fsp3) is 0.714. The molecule has 6 nitrogen and oxygen atoms in total. The lowest BCUT2D eigenvalue weighted by Gasteiger charge is -2.40. The SMILES string of the molecule is CCCc1nc(NN)cc(N2CCCC(C)(OC)C2)n1. The van der Waals surface area contributed by atoms with Crippen LogP contribution < -0.4 is 16.2 Å². The van der Waals surface area contributed by atoms with E-state index in [0.29, 0.717) is 5.82 Å². The van der Waals surface area contributed by atoms with Crippen molar-refractivity contribution in [2.24, 2.45) is 5.84 Å². The quantitative estimate of drug-likeness (QED) is 0.631. The number of methoxy groups -OCH3 is 1. The topological polar surface area (TPSA) is 76.3 Å². The Labute approximate surface area is 120 Å². The molecule has 0 aromatic carbocycles. The molecule has 2 rings (SSSR count). The van der Waals surface area contributed by atoms with Crippen molar-refractivity contribution in [3.05, 3.63) is 11.9 Å². The molecule has 1 saturated heterocycles. The number of nitrogens with one attached hydrogen (secondary N) is 1. The summed E-state index contributed by atoms with van der Waals surface area (Å²) in [6.45, 7) is 6.10. The molecular formula is C14H25N5O. The summed E-state index contributed by atoms with van der Waals surface area (Å²) in [6, 6.07) is 1.90. The van der Waals surface area contributed by atoms with Gasteiger partial charge < -0.3 is 15.1 Å². The standard InChI is InChI=1S/C14H25N5O/c1-4-6-11-16-12(18-15)9-13(17-11)19-8-5-7-14(2,10-19)20-3/h9H,4-8,10,15H2,1-3H3,(H,16,17,18). The number of anilines is 2. The van der Waals surface area contributed by atoms with Crippen LogP contribution in [0, 0.1) is 0 Å². The minimum atomic E-state index is -0.107. The van der Waals surface area contributed by atoms with Gasteiger partial charge >= 0.3 is 0 Å². The van der Waals surface area contributed by atoms with Crippen molar-refractivity contribution < 1.29 is 4.74 Å². The largest absolute Gasteiger partial charge is 0.377 e. The summed E-state index contributed by atoms with van der Waals surface area (Å²) in [7, 11) is 1.78. The highest BCUT2D eigenvalue weighted by Crippen LogP contribution is 2.28. The zero-order chi connectivity index (χ0) is 14.6. The molecule has 0 saturated carbocycles. The van der Waals surface area contributed by atoms with Crippen molar-refractivity contribution in [2.45, 2.75) is 45.1 Å². The van der Waals surface area contributed by atoms with Crippen molar-refractivity contribution in [3.8, 4) is 0 Å². The van der Waals surface area contributed by atoms with E-state index in [2.05, 4.69) is 34.1 Å². The fourth-order valence-corrected chi connectivity index (χ4v) is 2.62. The number of piperidine rings is 1. The number of hydrogen-bond acceptors (Lipinski definition) is 6. The maximum Gasteiger partial charge on any atom is 0.145 e. The molecule has 6 heteroatoms. The third-order valence-corrected chi connectivity index (χ3v) is 3.86. The number of nitrogens with zero attached hydrogens (tertiary/aromatic N) is 3. The van der Waals surface area contributed by atoms with Crippen LogP contribution in [0.15, 0.2) is 6.07 Å². The molecule has 1 aromatic heterocycles. The van der Waals surface area contributed by atoms with Crippen molar-refractivity contribution in [3.63, 3.8) is 0 Å². The molecule has 0 aliphatic carbocycles. The Hall–Kier alpha value is -1.40. The number of aromatic nitrogens is 2. The van der Waals surface area contributed by atoms with Crippen LogP contribution in [0.25, 0.3) is 0 Å². The van der Waals surface area contributed by atoms with Gasteiger partial charge in [0.15, 0.2) is 0 Å². The summed E-state index contributed by atoms with van der Waals surface area (Å²) in [5.41, 5.74) is 2.52. The normalized spacial score (nSPS) is 22.9. The van der Waals surface area contributed by atoms with Crippen LogP contribution in [0.5, 0.6) is 0 Å². The number of nitrogens with two attached hydrogens (primary N) is 1. The summed E-state index contributed by atoms with van der Waals surface area (Å²) in [5, 5.41) is 0. The first-order valence-corrected chi connectivity index (χ1v) is 7.25. The summed E-state index contributed by atoms with van der Waals surface area (Å²) in [6.07, 6.45) is 4.05. The molecule has 0 spiro atoms. The molecule has 2 heterocycles. The number of hydrazine groups is 1. The van der Waals surface area contributed by atoms with E-state index in [-0.39, 0.29) is 5.60 Å². The minimum Gasteiger partial charge on any atom is -0.377 e. The van der Waals surface area contributed by atoms with Gasteiger partial charge in [0.2, 0.25) is 0 Å². The van der Waals surface area contributed by atoms with E-state index in [1.54, 1.807) is 7.11 Å².